The van der Waals surface area contributed by atoms with Crippen molar-refractivity contribution in [1.29, 1.82) is 0 Å². The SMILES string of the molecule is O=C(c1nn2c(c1-c1ccc(Cl)cc1)OCCC2)N1CCC1. The normalized spacial score (nSPS) is 16.7. The monoisotopic (exact) mass is 317 g/mol. The third kappa shape index (κ3) is 2.16. The molecule has 0 spiro atoms. The van der Waals surface area contributed by atoms with E-state index in [1.165, 1.54) is 0 Å². The Morgan fingerprint density at radius 1 is 1.14 bits per heavy atom. The molecule has 0 radical (unpaired) electrons. The van der Waals surface area contributed by atoms with Gasteiger partial charge in [-0.3, -0.25) is 4.79 Å². The highest BCUT2D eigenvalue weighted by Crippen LogP contribution is 2.37. The van der Waals surface area contributed by atoms with Crippen LogP contribution in [0.2, 0.25) is 5.02 Å². The van der Waals surface area contributed by atoms with Crippen LogP contribution in [0.25, 0.3) is 11.1 Å². The van der Waals surface area contributed by atoms with Crippen LogP contribution in [0.15, 0.2) is 24.3 Å². The first-order chi connectivity index (χ1) is 10.7. The van der Waals surface area contributed by atoms with Crippen LogP contribution >= 0.6 is 11.6 Å². The van der Waals surface area contributed by atoms with Gasteiger partial charge in [-0.25, -0.2) is 4.68 Å². The van der Waals surface area contributed by atoms with Gasteiger partial charge in [0.05, 0.1) is 12.2 Å². The molecule has 2 aliphatic heterocycles. The number of aryl methyl sites for hydroxylation is 1. The first-order valence-electron chi connectivity index (χ1n) is 7.53. The van der Waals surface area contributed by atoms with Gasteiger partial charge in [-0.2, -0.15) is 5.10 Å². The molecule has 6 heteroatoms. The number of aromatic nitrogens is 2. The third-order valence-electron chi connectivity index (χ3n) is 4.14. The maximum Gasteiger partial charge on any atom is 0.275 e. The van der Waals surface area contributed by atoms with Gasteiger partial charge in [-0.15, -0.1) is 0 Å². The first-order valence-corrected chi connectivity index (χ1v) is 7.90. The minimum atomic E-state index is -0.0123. The largest absolute Gasteiger partial charge is 0.477 e. The van der Waals surface area contributed by atoms with Crippen molar-refractivity contribution in [3.05, 3.63) is 35.0 Å². The van der Waals surface area contributed by atoms with Crippen LogP contribution in [0.4, 0.5) is 0 Å². The quantitative estimate of drug-likeness (QED) is 0.855. The van der Waals surface area contributed by atoms with Crippen LogP contribution in [0, 0.1) is 0 Å². The predicted molar refractivity (Wildman–Crippen MR) is 83.3 cm³/mol. The van der Waals surface area contributed by atoms with E-state index in [0.717, 1.165) is 43.6 Å². The summed E-state index contributed by atoms with van der Waals surface area (Å²) in [6, 6.07) is 7.46. The van der Waals surface area contributed by atoms with Gasteiger partial charge in [0.15, 0.2) is 5.69 Å². The van der Waals surface area contributed by atoms with E-state index in [1.54, 1.807) is 4.68 Å². The Morgan fingerprint density at radius 3 is 2.59 bits per heavy atom. The Morgan fingerprint density at radius 2 is 1.91 bits per heavy atom. The van der Waals surface area contributed by atoms with Gasteiger partial charge in [0.2, 0.25) is 5.88 Å². The summed E-state index contributed by atoms with van der Waals surface area (Å²) < 4.78 is 7.60. The number of hydrogen-bond acceptors (Lipinski definition) is 3. The molecular weight excluding hydrogens is 302 g/mol. The van der Waals surface area contributed by atoms with Crippen LogP contribution < -0.4 is 4.74 Å². The number of benzene rings is 1. The number of carbonyl (C=O) groups is 1. The molecule has 2 aliphatic rings. The van der Waals surface area contributed by atoms with E-state index in [1.807, 2.05) is 29.2 Å². The van der Waals surface area contributed by atoms with Gasteiger partial charge < -0.3 is 9.64 Å². The Hall–Kier alpha value is -2.01. The number of nitrogens with zero attached hydrogens (tertiary/aromatic N) is 3. The molecule has 4 rings (SSSR count). The summed E-state index contributed by atoms with van der Waals surface area (Å²) in [5.41, 5.74) is 2.18. The second-order valence-electron chi connectivity index (χ2n) is 5.61. The van der Waals surface area contributed by atoms with Crippen molar-refractivity contribution in [1.82, 2.24) is 14.7 Å². The van der Waals surface area contributed by atoms with Gasteiger partial charge in [0.1, 0.15) is 0 Å². The molecule has 0 saturated carbocycles. The van der Waals surface area contributed by atoms with Gasteiger partial charge in [-0.05, 0) is 24.1 Å². The van der Waals surface area contributed by atoms with Crippen molar-refractivity contribution < 1.29 is 9.53 Å². The van der Waals surface area contributed by atoms with E-state index in [9.17, 15) is 4.79 Å². The maximum absolute atomic E-state index is 12.7. The van der Waals surface area contributed by atoms with Crippen molar-refractivity contribution >= 4 is 17.5 Å². The highest BCUT2D eigenvalue weighted by molar-refractivity contribution is 6.30. The molecule has 0 aliphatic carbocycles. The van der Waals surface area contributed by atoms with Crippen molar-refractivity contribution in [3.8, 4) is 17.0 Å². The summed E-state index contributed by atoms with van der Waals surface area (Å²) >= 11 is 5.97. The van der Waals surface area contributed by atoms with E-state index in [2.05, 4.69) is 5.10 Å². The van der Waals surface area contributed by atoms with Gasteiger partial charge >= 0.3 is 0 Å². The van der Waals surface area contributed by atoms with E-state index in [-0.39, 0.29) is 5.91 Å². The van der Waals surface area contributed by atoms with E-state index in [4.69, 9.17) is 16.3 Å². The lowest BCUT2D eigenvalue weighted by Crippen LogP contribution is -2.42. The smallest absolute Gasteiger partial charge is 0.275 e. The molecule has 0 bridgehead atoms. The van der Waals surface area contributed by atoms with Crippen molar-refractivity contribution in [2.75, 3.05) is 19.7 Å². The molecule has 5 nitrogen and oxygen atoms in total. The fourth-order valence-corrected chi connectivity index (χ4v) is 2.95. The van der Waals surface area contributed by atoms with Crippen LogP contribution in [0.5, 0.6) is 5.88 Å². The highest BCUT2D eigenvalue weighted by atomic mass is 35.5. The van der Waals surface area contributed by atoms with E-state index < -0.39 is 0 Å². The van der Waals surface area contributed by atoms with Crippen molar-refractivity contribution in [2.45, 2.75) is 19.4 Å². The topological polar surface area (TPSA) is 47.4 Å². The van der Waals surface area contributed by atoms with Crippen molar-refractivity contribution in [3.63, 3.8) is 0 Å². The number of halogens is 1. The highest BCUT2D eigenvalue weighted by Gasteiger charge is 2.31. The maximum atomic E-state index is 12.7. The van der Waals surface area contributed by atoms with Gasteiger partial charge in [-0.1, -0.05) is 23.7 Å². The number of fused-ring (bicyclic) bond motifs is 1. The minimum absolute atomic E-state index is 0.0123. The number of likely N-dealkylation sites (tertiary alicyclic amines) is 1. The fraction of sp³-hybridized carbons (Fsp3) is 0.375. The summed E-state index contributed by atoms with van der Waals surface area (Å²) in [4.78, 5) is 14.5. The molecule has 114 valence electrons. The second-order valence-corrected chi connectivity index (χ2v) is 6.04. The molecule has 1 saturated heterocycles. The minimum Gasteiger partial charge on any atom is -0.477 e. The van der Waals surface area contributed by atoms with Crippen LogP contribution in [0.3, 0.4) is 0 Å². The van der Waals surface area contributed by atoms with Crippen molar-refractivity contribution in [2.24, 2.45) is 0 Å². The van der Waals surface area contributed by atoms with E-state index >= 15 is 0 Å². The first kappa shape index (κ1) is 13.6. The summed E-state index contributed by atoms with van der Waals surface area (Å²) in [7, 11) is 0. The number of rotatable bonds is 2. The molecule has 0 N–H and O–H groups in total. The standard InChI is InChI=1S/C16H16ClN3O2/c17-12-5-3-11(4-6-12)13-14(15(21)19-7-1-8-19)18-20-9-2-10-22-16(13)20/h3-6H,1-2,7-10H2. The lowest BCUT2D eigenvalue weighted by molar-refractivity contribution is 0.0645. The lowest BCUT2D eigenvalue weighted by atomic mass is 10.0. The second kappa shape index (κ2) is 5.32. The lowest BCUT2D eigenvalue weighted by Gasteiger charge is -2.30. The van der Waals surface area contributed by atoms with Gasteiger partial charge in [0.25, 0.3) is 5.91 Å². The summed E-state index contributed by atoms with van der Waals surface area (Å²) in [5, 5.41) is 5.19. The fourth-order valence-electron chi connectivity index (χ4n) is 2.82. The number of ether oxygens (including phenoxy) is 1. The average Bonchev–Trinajstić information content (AvgIpc) is 2.86. The molecule has 0 unspecified atom stereocenters. The Bertz CT molecular complexity index is 720. The molecule has 0 atom stereocenters. The summed E-state index contributed by atoms with van der Waals surface area (Å²) in [6.07, 6.45) is 1.97. The molecule has 2 aromatic rings. The number of amides is 1. The molecule has 1 aromatic carbocycles. The molecule has 22 heavy (non-hydrogen) atoms. The van der Waals surface area contributed by atoms with E-state index in [0.29, 0.717) is 23.2 Å². The Labute approximate surface area is 133 Å². The Balaban J connectivity index is 1.84. The molecular formula is C16H16ClN3O2. The number of carbonyl (C=O) groups excluding carboxylic acids is 1. The molecule has 1 fully saturated rings. The van der Waals surface area contributed by atoms with Gasteiger partial charge in [0, 0.05) is 31.1 Å². The number of hydrogen-bond donors (Lipinski definition) is 0. The van der Waals surface area contributed by atoms with Crippen LogP contribution in [0.1, 0.15) is 23.3 Å². The molecule has 3 heterocycles. The zero-order valence-electron chi connectivity index (χ0n) is 12.1. The molecule has 1 aromatic heterocycles. The Kier molecular flexibility index (Phi) is 3.30. The summed E-state index contributed by atoms with van der Waals surface area (Å²) in [5.74, 6) is 0.680. The molecule has 1 amide bonds. The predicted octanol–water partition coefficient (Wildman–Crippen LogP) is 2.83. The zero-order valence-corrected chi connectivity index (χ0v) is 12.8. The van der Waals surface area contributed by atoms with Crippen LogP contribution in [-0.2, 0) is 6.54 Å². The summed E-state index contributed by atoms with van der Waals surface area (Å²) in [6.45, 7) is 3.05. The average molecular weight is 318 g/mol. The third-order valence-corrected chi connectivity index (χ3v) is 4.39. The zero-order chi connectivity index (χ0) is 15.1. The van der Waals surface area contributed by atoms with Crippen LogP contribution in [-0.4, -0.2) is 40.3 Å².